The topological polar surface area (TPSA) is 0 Å². The molecular formula is C28H42. The van der Waals surface area contributed by atoms with Gasteiger partial charge in [-0.25, -0.2) is 0 Å². The molecule has 0 aliphatic rings. The Bertz CT molecular complexity index is 526. The first-order valence-corrected chi connectivity index (χ1v) is 12.0. The van der Waals surface area contributed by atoms with Crippen LogP contribution in [0, 0.1) is 5.92 Å². The van der Waals surface area contributed by atoms with Gasteiger partial charge in [-0.1, -0.05) is 132 Å². The van der Waals surface area contributed by atoms with Crippen LogP contribution in [0.1, 0.15) is 95.1 Å². The zero-order valence-corrected chi connectivity index (χ0v) is 18.3. The lowest BCUT2D eigenvalue weighted by molar-refractivity contribution is 0.379. The van der Waals surface area contributed by atoms with Crippen LogP contribution in [-0.4, -0.2) is 0 Å². The predicted molar refractivity (Wildman–Crippen MR) is 125 cm³/mol. The molecule has 0 N–H and O–H groups in total. The van der Waals surface area contributed by atoms with Gasteiger partial charge in [0.15, 0.2) is 0 Å². The summed E-state index contributed by atoms with van der Waals surface area (Å²) in [6.07, 6.45) is 19.4. The van der Waals surface area contributed by atoms with E-state index in [2.05, 4.69) is 67.6 Å². The predicted octanol–water partition coefficient (Wildman–Crippen LogP) is 8.79. The Morgan fingerprint density at radius 3 is 1.43 bits per heavy atom. The van der Waals surface area contributed by atoms with Crippen LogP contribution >= 0.6 is 0 Å². The average molecular weight is 379 g/mol. The maximum atomic E-state index is 2.30. The second-order valence-electron chi connectivity index (χ2n) is 8.53. The van der Waals surface area contributed by atoms with Gasteiger partial charge in [0.05, 0.1) is 0 Å². The number of hydrogen-bond donors (Lipinski definition) is 0. The lowest BCUT2D eigenvalue weighted by Crippen LogP contribution is -2.03. The molecule has 0 spiro atoms. The fourth-order valence-electron chi connectivity index (χ4n) is 4.30. The summed E-state index contributed by atoms with van der Waals surface area (Å²) in [4.78, 5) is 0. The van der Waals surface area contributed by atoms with E-state index < -0.39 is 0 Å². The van der Waals surface area contributed by atoms with Gasteiger partial charge in [0, 0.05) is 0 Å². The molecule has 0 saturated carbocycles. The van der Waals surface area contributed by atoms with Crippen molar-refractivity contribution >= 4 is 0 Å². The Kier molecular flexibility index (Phi) is 12.5. The van der Waals surface area contributed by atoms with Crippen LogP contribution in [0.15, 0.2) is 60.7 Å². The largest absolute Gasteiger partial charge is 0.0654 e. The molecule has 2 aromatic carbocycles. The molecule has 0 amide bonds. The first-order chi connectivity index (χ1) is 13.9. The minimum Gasteiger partial charge on any atom is -0.0654 e. The van der Waals surface area contributed by atoms with Crippen molar-refractivity contribution in [3.63, 3.8) is 0 Å². The maximum Gasteiger partial charge on any atom is -0.0279 e. The van der Waals surface area contributed by atoms with Crippen molar-refractivity contribution in [3.8, 4) is 0 Å². The summed E-state index contributed by atoms with van der Waals surface area (Å²) < 4.78 is 0. The molecule has 0 bridgehead atoms. The zero-order chi connectivity index (χ0) is 19.7. The number of rotatable bonds is 16. The average Bonchev–Trinajstić information content (AvgIpc) is 2.74. The number of aryl methyl sites for hydroxylation is 2. The van der Waals surface area contributed by atoms with Crippen LogP contribution in [-0.2, 0) is 12.8 Å². The molecule has 0 atom stereocenters. The zero-order valence-electron chi connectivity index (χ0n) is 18.3. The molecule has 0 aliphatic carbocycles. The molecule has 2 rings (SSSR count). The van der Waals surface area contributed by atoms with Crippen molar-refractivity contribution in [3.05, 3.63) is 71.8 Å². The molecule has 2 aromatic rings. The van der Waals surface area contributed by atoms with E-state index in [1.54, 1.807) is 0 Å². The summed E-state index contributed by atoms with van der Waals surface area (Å²) in [7, 11) is 0. The Morgan fingerprint density at radius 2 is 0.929 bits per heavy atom. The van der Waals surface area contributed by atoms with E-state index in [9.17, 15) is 0 Å². The van der Waals surface area contributed by atoms with Gasteiger partial charge in [0.25, 0.3) is 0 Å². The Morgan fingerprint density at radius 1 is 0.500 bits per heavy atom. The summed E-state index contributed by atoms with van der Waals surface area (Å²) in [5.74, 6) is 0.920. The Balaban J connectivity index is 1.67. The van der Waals surface area contributed by atoms with Gasteiger partial charge in [-0.3, -0.25) is 0 Å². The number of benzene rings is 2. The highest BCUT2D eigenvalue weighted by atomic mass is 14.1. The maximum absolute atomic E-state index is 2.30. The summed E-state index contributed by atoms with van der Waals surface area (Å²) in [5, 5.41) is 0. The summed E-state index contributed by atoms with van der Waals surface area (Å²) in [6.45, 7) is 2.30. The SMILES string of the molecule is CCCCCCCCCC(CCCc1ccccc1)CCCc1ccccc1. The highest BCUT2D eigenvalue weighted by Gasteiger charge is 2.09. The molecule has 0 nitrogen and oxygen atoms in total. The van der Waals surface area contributed by atoms with Crippen LogP contribution in [0.4, 0.5) is 0 Å². The molecule has 154 valence electrons. The number of unbranched alkanes of at least 4 members (excludes halogenated alkanes) is 6. The Labute approximate surface area is 174 Å². The highest BCUT2D eigenvalue weighted by molar-refractivity contribution is 5.15. The minimum absolute atomic E-state index is 0.920. The van der Waals surface area contributed by atoms with Gasteiger partial charge in [-0.2, -0.15) is 0 Å². The van der Waals surface area contributed by atoms with E-state index in [-0.39, 0.29) is 0 Å². The second kappa shape index (κ2) is 15.4. The van der Waals surface area contributed by atoms with E-state index in [4.69, 9.17) is 0 Å². The standard InChI is InChI=1S/C28H42/c1-2-3-4-5-6-7-10-17-28(24-15-22-26-18-11-8-12-19-26)25-16-23-27-20-13-9-14-21-27/h8-9,11-14,18-21,28H,2-7,10,15-17,22-25H2,1H3. The first kappa shape index (κ1) is 22.7. The molecule has 0 unspecified atom stereocenters. The van der Waals surface area contributed by atoms with Crippen molar-refractivity contribution < 1.29 is 0 Å². The van der Waals surface area contributed by atoms with Crippen molar-refractivity contribution in [1.29, 1.82) is 0 Å². The molecule has 0 aromatic heterocycles. The third-order valence-corrected chi connectivity index (χ3v) is 6.06. The summed E-state index contributed by atoms with van der Waals surface area (Å²) >= 11 is 0. The van der Waals surface area contributed by atoms with Gasteiger partial charge >= 0.3 is 0 Å². The lowest BCUT2D eigenvalue weighted by atomic mass is 9.89. The van der Waals surface area contributed by atoms with Crippen LogP contribution < -0.4 is 0 Å². The molecule has 0 heterocycles. The van der Waals surface area contributed by atoms with E-state index in [0.29, 0.717) is 0 Å². The van der Waals surface area contributed by atoms with Gasteiger partial charge in [0.2, 0.25) is 0 Å². The smallest absolute Gasteiger partial charge is 0.0279 e. The molecule has 0 fully saturated rings. The molecule has 0 radical (unpaired) electrons. The van der Waals surface area contributed by atoms with E-state index >= 15 is 0 Å². The fourth-order valence-corrected chi connectivity index (χ4v) is 4.30. The van der Waals surface area contributed by atoms with Crippen LogP contribution in [0.2, 0.25) is 0 Å². The van der Waals surface area contributed by atoms with Crippen molar-refractivity contribution in [2.24, 2.45) is 5.92 Å². The van der Waals surface area contributed by atoms with Crippen LogP contribution in [0.3, 0.4) is 0 Å². The van der Waals surface area contributed by atoms with Gasteiger partial charge in [0.1, 0.15) is 0 Å². The van der Waals surface area contributed by atoms with Gasteiger partial charge in [-0.05, 0) is 42.7 Å². The molecule has 0 heteroatoms. The van der Waals surface area contributed by atoms with Crippen molar-refractivity contribution in [1.82, 2.24) is 0 Å². The minimum atomic E-state index is 0.920. The summed E-state index contributed by atoms with van der Waals surface area (Å²) in [6, 6.07) is 22.0. The first-order valence-electron chi connectivity index (χ1n) is 12.0. The van der Waals surface area contributed by atoms with E-state index in [1.165, 1.54) is 101 Å². The Hall–Kier alpha value is -1.56. The van der Waals surface area contributed by atoms with E-state index in [0.717, 1.165) is 5.92 Å². The van der Waals surface area contributed by atoms with Crippen LogP contribution in [0.5, 0.6) is 0 Å². The highest BCUT2D eigenvalue weighted by Crippen LogP contribution is 2.24. The fraction of sp³-hybridized carbons (Fsp3) is 0.571. The van der Waals surface area contributed by atoms with Crippen LogP contribution in [0.25, 0.3) is 0 Å². The number of hydrogen-bond acceptors (Lipinski definition) is 0. The summed E-state index contributed by atoms with van der Waals surface area (Å²) in [5.41, 5.74) is 3.00. The third kappa shape index (κ3) is 10.7. The van der Waals surface area contributed by atoms with Crippen molar-refractivity contribution in [2.75, 3.05) is 0 Å². The van der Waals surface area contributed by atoms with E-state index in [1.807, 2.05) is 0 Å². The quantitative estimate of drug-likeness (QED) is 0.256. The molecule has 0 saturated heterocycles. The molecular weight excluding hydrogens is 336 g/mol. The molecule has 28 heavy (non-hydrogen) atoms. The normalized spacial score (nSPS) is 11.2. The second-order valence-corrected chi connectivity index (χ2v) is 8.53. The third-order valence-electron chi connectivity index (χ3n) is 6.06. The molecule has 0 aliphatic heterocycles. The lowest BCUT2D eigenvalue weighted by Gasteiger charge is -2.17. The van der Waals surface area contributed by atoms with Gasteiger partial charge in [-0.15, -0.1) is 0 Å². The van der Waals surface area contributed by atoms with Gasteiger partial charge < -0.3 is 0 Å². The van der Waals surface area contributed by atoms with Crippen molar-refractivity contribution in [2.45, 2.75) is 96.8 Å². The monoisotopic (exact) mass is 378 g/mol.